The lowest BCUT2D eigenvalue weighted by Crippen LogP contribution is -2.71. The highest BCUT2D eigenvalue weighted by molar-refractivity contribution is 8.00. The number of β-lactam (4-membered cyclic amide) rings is 1. The molecule has 29 heavy (non-hydrogen) atoms. The first-order valence-electron chi connectivity index (χ1n) is 8.27. The zero-order valence-corrected chi connectivity index (χ0v) is 17.2. The van der Waals surface area contributed by atoms with Gasteiger partial charge in [-0.25, -0.2) is 9.78 Å². The van der Waals surface area contributed by atoms with Crippen LogP contribution in [0, 0.1) is 0 Å². The summed E-state index contributed by atoms with van der Waals surface area (Å²) in [5.41, 5.74) is 11.6. The van der Waals surface area contributed by atoms with E-state index in [2.05, 4.69) is 15.5 Å². The maximum absolute atomic E-state index is 12.7. The number of nitrogen functional groups attached to an aromatic ring is 1. The first kappa shape index (κ1) is 21.4. The van der Waals surface area contributed by atoms with Crippen molar-refractivity contribution in [3.63, 3.8) is 0 Å². The van der Waals surface area contributed by atoms with Crippen LogP contribution in [0.3, 0.4) is 0 Å². The van der Waals surface area contributed by atoms with Crippen LogP contribution in [-0.4, -0.2) is 74.7 Å². The smallest absolute Gasteiger partial charge is 0.352 e. The Morgan fingerprint density at radius 3 is 2.86 bits per heavy atom. The van der Waals surface area contributed by atoms with Crippen LogP contribution in [0.15, 0.2) is 21.8 Å². The molecule has 0 aliphatic carbocycles. The van der Waals surface area contributed by atoms with E-state index in [1.807, 2.05) is 0 Å². The first-order valence-corrected chi connectivity index (χ1v) is 10.7. The average Bonchev–Trinajstić information content (AvgIpc) is 3.13. The summed E-state index contributed by atoms with van der Waals surface area (Å²) < 4.78 is 0. The summed E-state index contributed by atoms with van der Waals surface area (Å²) in [6, 6.07) is -0.921. The fourth-order valence-electron chi connectivity index (χ4n) is 2.80. The van der Waals surface area contributed by atoms with Gasteiger partial charge in [0.25, 0.3) is 11.8 Å². The number of thiazole rings is 1. The zero-order valence-electron chi connectivity index (χ0n) is 14.8. The number of hydrogen-bond donors (Lipinski definition) is 4. The minimum atomic E-state index is -1.23. The molecule has 14 heteroatoms. The van der Waals surface area contributed by atoms with Crippen LogP contribution in [0.4, 0.5) is 5.13 Å². The molecular formula is C15H17ClN6O5S2. The quantitative estimate of drug-likeness (QED) is 0.129. The molecule has 0 aromatic carbocycles. The monoisotopic (exact) mass is 460 g/mol. The number of oxime groups is 1. The number of carbonyl (C=O) groups is 3. The van der Waals surface area contributed by atoms with Crippen LogP contribution in [0.2, 0.25) is 0 Å². The normalized spacial score (nSPS) is 21.5. The number of rotatable bonds is 8. The molecule has 0 spiro atoms. The maximum Gasteiger partial charge on any atom is 0.352 e. The number of carbonyl (C=O) groups excluding carboxylic acids is 2. The van der Waals surface area contributed by atoms with E-state index in [-0.39, 0.29) is 41.3 Å². The van der Waals surface area contributed by atoms with Gasteiger partial charge in [0.15, 0.2) is 10.8 Å². The molecule has 1 aromatic rings. The van der Waals surface area contributed by atoms with Crippen molar-refractivity contribution in [1.29, 1.82) is 0 Å². The third-order valence-electron chi connectivity index (χ3n) is 4.09. The summed E-state index contributed by atoms with van der Waals surface area (Å²) in [7, 11) is 0. The third-order valence-corrected chi connectivity index (χ3v) is 6.25. The standard InChI is InChI=1S/C15H17ClN6O5S2/c16-1-2-27-21-8(7-5-29-15(18)19-7)11(23)20-9-12(24)22-10(14(25)26)6(3-17)4-28-13(9)22/h5,9,13H,1-4,17H2,(H2,18,19)(H,20,23)(H,25,26)/t9?,13-/m0/s1. The number of fused-ring (bicyclic) bond motifs is 1. The second kappa shape index (κ2) is 8.98. The molecule has 156 valence electrons. The molecule has 0 saturated carbocycles. The van der Waals surface area contributed by atoms with E-state index >= 15 is 0 Å². The van der Waals surface area contributed by atoms with Gasteiger partial charge in [0, 0.05) is 17.7 Å². The van der Waals surface area contributed by atoms with Gasteiger partial charge in [-0.2, -0.15) is 0 Å². The number of amides is 2. The van der Waals surface area contributed by atoms with E-state index in [1.165, 1.54) is 17.1 Å². The lowest BCUT2D eigenvalue weighted by Gasteiger charge is -2.49. The lowest BCUT2D eigenvalue weighted by atomic mass is 10.0. The number of hydrogen-bond acceptors (Lipinski definition) is 10. The molecular weight excluding hydrogens is 444 g/mol. The van der Waals surface area contributed by atoms with Crippen molar-refractivity contribution in [3.05, 3.63) is 22.3 Å². The lowest BCUT2D eigenvalue weighted by molar-refractivity contribution is -0.150. The van der Waals surface area contributed by atoms with E-state index < -0.39 is 29.2 Å². The van der Waals surface area contributed by atoms with Gasteiger partial charge in [-0.15, -0.1) is 34.7 Å². The van der Waals surface area contributed by atoms with Crippen molar-refractivity contribution >= 4 is 63.3 Å². The van der Waals surface area contributed by atoms with Crippen LogP contribution >= 0.6 is 34.7 Å². The fraction of sp³-hybridized carbons (Fsp3) is 0.400. The van der Waals surface area contributed by atoms with Crippen LogP contribution in [0.25, 0.3) is 0 Å². The fourth-order valence-corrected chi connectivity index (χ4v) is 4.77. The van der Waals surface area contributed by atoms with Gasteiger partial charge < -0.3 is 26.7 Å². The number of alkyl halides is 1. The Morgan fingerprint density at radius 1 is 1.52 bits per heavy atom. The van der Waals surface area contributed by atoms with Crippen LogP contribution in [-0.2, 0) is 19.2 Å². The molecule has 2 amide bonds. The van der Waals surface area contributed by atoms with Gasteiger partial charge >= 0.3 is 5.97 Å². The van der Waals surface area contributed by atoms with E-state index in [0.29, 0.717) is 11.3 Å². The molecule has 11 nitrogen and oxygen atoms in total. The summed E-state index contributed by atoms with van der Waals surface area (Å²) in [6.07, 6.45) is 0. The number of nitrogens with one attached hydrogen (secondary N) is 1. The summed E-state index contributed by atoms with van der Waals surface area (Å²) in [4.78, 5) is 47.0. The predicted molar refractivity (Wildman–Crippen MR) is 108 cm³/mol. The molecule has 2 aliphatic rings. The van der Waals surface area contributed by atoms with Crippen molar-refractivity contribution in [2.45, 2.75) is 11.4 Å². The molecule has 0 radical (unpaired) electrons. The predicted octanol–water partition coefficient (Wildman–Crippen LogP) is -0.618. The van der Waals surface area contributed by atoms with Gasteiger partial charge in [-0.1, -0.05) is 5.16 Å². The number of anilines is 1. The van der Waals surface area contributed by atoms with Gasteiger partial charge in [-0.3, -0.25) is 14.5 Å². The van der Waals surface area contributed by atoms with Crippen molar-refractivity contribution in [3.8, 4) is 0 Å². The molecule has 6 N–H and O–H groups in total. The number of aromatic nitrogens is 1. The topological polar surface area (TPSA) is 173 Å². The van der Waals surface area contributed by atoms with Crippen molar-refractivity contribution in [2.75, 3.05) is 30.5 Å². The number of thioether (sulfide) groups is 1. The minimum Gasteiger partial charge on any atom is -0.477 e. The molecule has 0 bridgehead atoms. The van der Waals surface area contributed by atoms with Gasteiger partial charge in [0.05, 0.1) is 5.88 Å². The molecule has 1 aromatic heterocycles. The molecule has 2 atom stereocenters. The highest BCUT2D eigenvalue weighted by Crippen LogP contribution is 2.40. The average molecular weight is 461 g/mol. The van der Waals surface area contributed by atoms with Crippen molar-refractivity contribution < 1.29 is 24.3 Å². The van der Waals surface area contributed by atoms with E-state index in [0.717, 1.165) is 16.2 Å². The number of nitrogens with two attached hydrogens (primary N) is 2. The summed E-state index contributed by atoms with van der Waals surface area (Å²) >= 11 is 7.98. The molecule has 1 fully saturated rings. The highest BCUT2D eigenvalue weighted by atomic mass is 35.5. The van der Waals surface area contributed by atoms with Crippen LogP contribution < -0.4 is 16.8 Å². The largest absolute Gasteiger partial charge is 0.477 e. The van der Waals surface area contributed by atoms with E-state index in [9.17, 15) is 19.5 Å². The molecule has 2 aliphatic heterocycles. The number of nitrogens with zero attached hydrogens (tertiary/aromatic N) is 3. The number of halogens is 1. The number of aliphatic carboxylic acids is 1. The highest BCUT2D eigenvalue weighted by Gasteiger charge is 2.54. The van der Waals surface area contributed by atoms with Gasteiger partial charge in [0.2, 0.25) is 0 Å². The second-order valence-corrected chi connectivity index (χ2v) is 8.23. The molecule has 3 heterocycles. The Bertz CT molecular complexity index is 904. The Balaban J connectivity index is 1.78. The molecule has 1 unspecified atom stereocenters. The van der Waals surface area contributed by atoms with E-state index in [4.69, 9.17) is 27.9 Å². The third kappa shape index (κ3) is 4.17. The second-order valence-electron chi connectivity index (χ2n) is 5.86. The number of carboxylic acids is 1. The molecule has 3 rings (SSSR count). The van der Waals surface area contributed by atoms with Gasteiger partial charge in [0.1, 0.15) is 29.4 Å². The SMILES string of the molecule is NCC1=C(C(=O)O)N2C(=O)C(NC(=O)C(=NOCCCl)c3csc(N)n3)[C@@H]2SC1. The molecule has 1 saturated heterocycles. The Kier molecular flexibility index (Phi) is 6.62. The first-order chi connectivity index (χ1) is 13.9. The Labute approximate surface area is 178 Å². The van der Waals surface area contributed by atoms with E-state index in [1.54, 1.807) is 0 Å². The van der Waals surface area contributed by atoms with Crippen LogP contribution in [0.5, 0.6) is 0 Å². The van der Waals surface area contributed by atoms with Crippen LogP contribution in [0.1, 0.15) is 5.69 Å². The minimum absolute atomic E-state index is 0.0299. The van der Waals surface area contributed by atoms with Crippen molar-refractivity contribution in [1.82, 2.24) is 15.2 Å². The Hall–Kier alpha value is -2.35. The summed E-state index contributed by atoms with van der Waals surface area (Å²) in [5.74, 6) is -1.96. The maximum atomic E-state index is 12.7. The zero-order chi connectivity index (χ0) is 21.1. The van der Waals surface area contributed by atoms with Crippen molar-refractivity contribution in [2.24, 2.45) is 10.9 Å². The summed E-state index contributed by atoms with van der Waals surface area (Å²) in [5, 5.41) is 17.0. The Morgan fingerprint density at radius 2 is 2.28 bits per heavy atom. The number of carboxylic acid groups (broad SMARTS) is 1. The van der Waals surface area contributed by atoms with Gasteiger partial charge in [-0.05, 0) is 5.57 Å². The summed E-state index contributed by atoms with van der Waals surface area (Å²) in [6.45, 7) is 0.101.